The summed E-state index contributed by atoms with van der Waals surface area (Å²) in [6, 6.07) is 11.5. The van der Waals surface area contributed by atoms with E-state index in [-0.39, 0.29) is 18.4 Å². The Labute approximate surface area is 170 Å². The fourth-order valence-corrected chi connectivity index (χ4v) is 3.04. The Hall–Kier alpha value is -3.29. The second-order valence-corrected chi connectivity index (χ2v) is 6.72. The van der Waals surface area contributed by atoms with E-state index in [0.717, 1.165) is 24.2 Å². The van der Waals surface area contributed by atoms with Gasteiger partial charge in [-0.2, -0.15) is 0 Å². The lowest BCUT2D eigenvalue weighted by atomic mass is 10.2. The Morgan fingerprint density at radius 3 is 2.66 bits per heavy atom. The number of rotatable bonds is 8. The zero-order valence-electron chi connectivity index (χ0n) is 16.6. The van der Waals surface area contributed by atoms with Gasteiger partial charge in [0.25, 0.3) is 0 Å². The summed E-state index contributed by atoms with van der Waals surface area (Å²) in [5.74, 6) is 1.31. The molecule has 0 spiro atoms. The summed E-state index contributed by atoms with van der Waals surface area (Å²) in [6.07, 6.45) is 3.11. The van der Waals surface area contributed by atoms with Crippen molar-refractivity contribution in [2.45, 2.75) is 32.9 Å². The smallest absolute Gasteiger partial charge is 0.239 e. The normalized spacial score (nSPS) is 14.2. The van der Waals surface area contributed by atoms with Gasteiger partial charge in [-0.15, -0.1) is 0 Å². The molecule has 154 valence electrons. The summed E-state index contributed by atoms with van der Waals surface area (Å²) in [5.41, 5.74) is 1.96. The highest BCUT2D eigenvalue weighted by Crippen LogP contribution is 2.21. The molecule has 8 nitrogen and oxygen atoms in total. The van der Waals surface area contributed by atoms with Gasteiger partial charge in [0.15, 0.2) is 5.96 Å². The van der Waals surface area contributed by atoms with Gasteiger partial charge in [-0.1, -0.05) is 12.1 Å². The van der Waals surface area contributed by atoms with Gasteiger partial charge in [0.1, 0.15) is 5.76 Å². The third kappa shape index (κ3) is 6.10. The van der Waals surface area contributed by atoms with Crippen molar-refractivity contribution in [3.05, 3.63) is 54.0 Å². The molecule has 3 N–H and O–H groups in total. The Morgan fingerprint density at radius 2 is 2.00 bits per heavy atom. The highest BCUT2D eigenvalue weighted by molar-refractivity contribution is 5.95. The second-order valence-electron chi connectivity index (χ2n) is 6.72. The van der Waals surface area contributed by atoms with Gasteiger partial charge in [0, 0.05) is 25.2 Å². The van der Waals surface area contributed by atoms with Crippen LogP contribution in [0.3, 0.4) is 0 Å². The van der Waals surface area contributed by atoms with Gasteiger partial charge in [-0.25, -0.2) is 4.99 Å². The fraction of sp³-hybridized carbons (Fsp3) is 0.381. The molecule has 0 bridgehead atoms. The average molecular weight is 397 g/mol. The molecule has 2 aromatic rings. The standard InChI is InChI=1S/C21H27N5O3/c1-2-22-21(25-15-19(27)23-14-18-5-4-12-29-18)24-13-16-7-9-17(10-8-16)26-11-3-6-20(26)28/h4-5,7-10,12H,2-3,6,11,13-15H2,1H3,(H,23,27)(H2,22,24,25). The van der Waals surface area contributed by atoms with Gasteiger partial charge < -0.3 is 25.3 Å². The van der Waals surface area contributed by atoms with Gasteiger partial charge in [-0.05, 0) is 43.2 Å². The van der Waals surface area contributed by atoms with E-state index in [9.17, 15) is 9.59 Å². The number of nitrogens with one attached hydrogen (secondary N) is 3. The zero-order valence-corrected chi connectivity index (χ0v) is 16.6. The zero-order chi connectivity index (χ0) is 20.5. The molecule has 0 aliphatic carbocycles. The lowest BCUT2D eigenvalue weighted by molar-refractivity contribution is -0.120. The number of carbonyl (C=O) groups is 2. The maximum atomic E-state index is 12.0. The molecule has 0 unspecified atom stereocenters. The molecule has 3 rings (SSSR count). The van der Waals surface area contributed by atoms with Crippen molar-refractivity contribution in [3.8, 4) is 0 Å². The summed E-state index contributed by atoms with van der Waals surface area (Å²) >= 11 is 0. The minimum Gasteiger partial charge on any atom is -0.467 e. The van der Waals surface area contributed by atoms with Crippen molar-refractivity contribution >= 4 is 23.5 Å². The first kappa shape index (κ1) is 20.4. The number of hydrogen-bond acceptors (Lipinski definition) is 4. The van der Waals surface area contributed by atoms with Crippen molar-refractivity contribution in [1.82, 2.24) is 16.0 Å². The van der Waals surface area contributed by atoms with Gasteiger partial charge in [0.2, 0.25) is 11.8 Å². The predicted octanol–water partition coefficient (Wildman–Crippen LogP) is 1.78. The van der Waals surface area contributed by atoms with Crippen LogP contribution in [-0.2, 0) is 22.7 Å². The fourth-order valence-electron chi connectivity index (χ4n) is 3.04. The van der Waals surface area contributed by atoms with Crippen molar-refractivity contribution < 1.29 is 14.0 Å². The van der Waals surface area contributed by atoms with Crippen LogP contribution in [-0.4, -0.2) is 37.4 Å². The van der Waals surface area contributed by atoms with Crippen molar-refractivity contribution in [2.24, 2.45) is 4.99 Å². The number of guanidine groups is 1. The maximum absolute atomic E-state index is 12.0. The summed E-state index contributed by atoms with van der Waals surface area (Å²) in [4.78, 5) is 30.2. The SMILES string of the molecule is CCNC(=NCc1ccc(N2CCCC2=O)cc1)NCC(=O)NCc1ccco1. The molecule has 0 atom stereocenters. The van der Waals surface area contributed by atoms with Crippen LogP contribution < -0.4 is 20.9 Å². The van der Waals surface area contributed by atoms with Crippen molar-refractivity contribution in [3.63, 3.8) is 0 Å². The summed E-state index contributed by atoms with van der Waals surface area (Å²) in [6.45, 7) is 4.38. The first-order valence-electron chi connectivity index (χ1n) is 9.86. The van der Waals surface area contributed by atoms with Crippen LogP contribution in [0.15, 0.2) is 52.1 Å². The number of anilines is 1. The minimum absolute atomic E-state index is 0.114. The Kier molecular flexibility index (Phi) is 7.27. The van der Waals surface area contributed by atoms with Crippen LogP contribution in [0.4, 0.5) is 5.69 Å². The van der Waals surface area contributed by atoms with Crippen LogP contribution in [0, 0.1) is 0 Å². The molecule has 8 heteroatoms. The lowest BCUT2D eigenvalue weighted by Gasteiger charge is -2.16. The van der Waals surface area contributed by atoms with E-state index in [1.54, 1.807) is 12.3 Å². The third-order valence-corrected chi connectivity index (χ3v) is 4.54. The Morgan fingerprint density at radius 1 is 1.17 bits per heavy atom. The van der Waals surface area contributed by atoms with Crippen LogP contribution in [0.1, 0.15) is 31.1 Å². The van der Waals surface area contributed by atoms with Gasteiger partial charge in [-0.3, -0.25) is 9.59 Å². The van der Waals surface area contributed by atoms with E-state index in [2.05, 4.69) is 20.9 Å². The van der Waals surface area contributed by atoms with Crippen LogP contribution in [0.2, 0.25) is 0 Å². The van der Waals surface area contributed by atoms with E-state index in [1.165, 1.54) is 0 Å². The highest BCUT2D eigenvalue weighted by Gasteiger charge is 2.21. The van der Waals surface area contributed by atoms with Crippen LogP contribution >= 0.6 is 0 Å². The van der Waals surface area contributed by atoms with E-state index >= 15 is 0 Å². The second kappa shape index (κ2) is 10.3. The molecule has 1 saturated heterocycles. The first-order valence-corrected chi connectivity index (χ1v) is 9.86. The largest absolute Gasteiger partial charge is 0.467 e. The molecule has 2 heterocycles. The number of furan rings is 1. The summed E-state index contributed by atoms with van der Waals surface area (Å²) < 4.78 is 5.19. The number of amides is 2. The van der Waals surface area contributed by atoms with E-state index in [4.69, 9.17) is 4.42 Å². The van der Waals surface area contributed by atoms with Crippen molar-refractivity contribution in [1.29, 1.82) is 0 Å². The number of hydrogen-bond donors (Lipinski definition) is 3. The Balaban J connectivity index is 1.49. The molecule has 29 heavy (non-hydrogen) atoms. The molecule has 1 aromatic heterocycles. The van der Waals surface area contributed by atoms with Crippen LogP contribution in [0.25, 0.3) is 0 Å². The summed E-state index contributed by atoms with van der Waals surface area (Å²) in [7, 11) is 0. The molecule has 2 amide bonds. The topological polar surface area (TPSA) is 99.0 Å². The van der Waals surface area contributed by atoms with E-state index in [1.807, 2.05) is 42.2 Å². The minimum atomic E-state index is -0.147. The molecule has 1 aliphatic rings. The average Bonchev–Trinajstić information content (AvgIpc) is 3.40. The van der Waals surface area contributed by atoms with Gasteiger partial charge in [0.05, 0.1) is 25.9 Å². The monoisotopic (exact) mass is 397 g/mol. The summed E-state index contributed by atoms with van der Waals surface area (Å²) in [5, 5.41) is 8.94. The lowest BCUT2D eigenvalue weighted by Crippen LogP contribution is -2.43. The molecule has 1 aliphatic heterocycles. The highest BCUT2D eigenvalue weighted by atomic mass is 16.3. The predicted molar refractivity (Wildman–Crippen MR) is 111 cm³/mol. The van der Waals surface area contributed by atoms with E-state index < -0.39 is 0 Å². The number of carbonyl (C=O) groups excluding carboxylic acids is 2. The number of benzene rings is 1. The first-order chi connectivity index (χ1) is 14.2. The van der Waals surface area contributed by atoms with Crippen molar-refractivity contribution in [2.75, 3.05) is 24.5 Å². The molecule has 0 radical (unpaired) electrons. The van der Waals surface area contributed by atoms with Gasteiger partial charge >= 0.3 is 0 Å². The molecule has 1 fully saturated rings. The van der Waals surface area contributed by atoms with E-state index in [0.29, 0.717) is 37.8 Å². The molecule has 0 saturated carbocycles. The maximum Gasteiger partial charge on any atom is 0.239 e. The molecular weight excluding hydrogens is 370 g/mol. The Bertz CT molecular complexity index is 831. The third-order valence-electron chi connectivity index (χ3n) is 4.54. The quantitative estimate of drug-likeness (QED) is 0.466. The number of nitrogens with zero attached hydrogens (tertiary/aromatic N) is 2. The molecule has 1 aromatic carbocycles. The number of aliphatic imine (C=N–C) groups is 1. The van der Waals surface area contributed by atoms with Crippen LogP contribution in [0.5, 0.6) is 0 Å². The molecular formula is C21H27N5O3.